The fourth-order valence-corrected chi connectivity index (χ4v) is 9.95. The number of carbonyl (C=O) groups excluding carboxylic acids is 2. The highest BCUT2D eigenvalue weighted by molar-refractivity contribution is 7.89. The Hall–Kier alpha value is -5.40. The number of benzene rings is 4. The topological polar surface area (TPSA) is 192 Å². The molecule has 2 amide bonds. The summed E-state index contributed by atoms with van der Waals surface area (Å²) in [7, 11) is -8.23. The number of nitrogens with one attached hydrogen (secondary N) is 4. The zero-order chi connectivity index (χ0) is 44.4. The Morgan fingerprint density at radius 2 is 0.889 bits per heavy atom. The van der Waals surface area contributed by atoms with Gasteiger partial charge in [0.1, 0.15) is 12.1 Å². The van der Waals surface area contributed by atoms with Crippen molar-refractivity contribution in [2.75, 3.05) is 65.8 Å². The van der Waals surface area contributed by atoms with E-state index in [0.29, 0.717) is 0 Å². The summed E-state index contributed by atoms with van der Waals surface area (Å²) < 4.78 is 78.2. The molecule has 6 aromatic rings. The second-order valence-corrected chi connectivity index (χ2v) is 19.0. The number of aromatic nitrogens is 2. The summed E-state index contributed by atoms with van der Waals surface area (Å²) in [6.45, 7) is 5.06. The van der Waals surface area contributed by atoms with E-state index in [4.69, 9.17) is 14.2 Å². The normalized spacial score (nSPS) is 16.3. The van der Waals surface area contributed by atoms with Gasteiger partial charge in [-0.2, -0.15) is 9.44 Å². The maximum Gasteiger partial charge on any atom is 0.241 e. The minimum absolute atomic E-state index is 0.0410. The van der Waals surface area contributed by atoms with Crippen LogP contribution >= 0.6 is 0 Å². The number of fused-ring (bicyclic) bond motifs is 2. The standard InChI is InChI=1S/C46H54N6O9S2/c1-33-11-15-37(16-12-33)62(55,56)49-43(29-35-31-47-41-9-5-3-7-39(35)41)45(53)51-19-23-59-24-20-52(22-26-61-28-27-60-25-21-51)46(54)44(30-36-32-48-42-10-6-4-8-40(36)42)50-63(57,58)38-17-13-34(2)14-18-38/h3-18,31-32,43-44,47-50H,19-30H2,1-2H3/t43-,44-/m1/s1. The van der Waals surface area contributed by atoms with E-state index in [9.17, 15) is 26.4 Å². The van der Waals surface area contributed by atoms with Gasteiger partial charge < -0.3 is 34.0 Å². The Balaban J connectivity index is 1.08. The molecule has 0 spiro atoms. The van der Waals surface area contributed by atoms with Gasteiger partial charge in [-0.15, -0.1) is 0 Å². The Kier molecular flexibility index (Phi) is 15.1. The monoisotopic (exact) mass is 898 g/mol. The fourth-order valence-electron chi connectivity index (χ4n) is 7.57. The Morgan fingerprint density at radius 1 is 0.540 bits per heavy atom. The average molecular weight is 899 g/mol. The minimum Gasteiger partial charge on any atom is -0.378 e. The van der Waals surface area contributed by atoms with Crippen molar-refractivity contribution in [2.24, 2.45) is 0 Å². The molecule has 0 aliphatic carbocycles. The molecule has 1 saturated heterocycles. The zero-order valence-electron chi connectivity index (χ0n) is 35.4. The first-order chi connectivity index (χ1) is 30.4. The van der Waals surface area contributed by atoms with Crippen LogP contribution in [0, 0.1) is 13.8 Å². The third kappa shape index (κ3) is 11.8. The number of para-hydroxylation sites is 2. The largest absolute Gasteiger partial charge is 0.378 e. The molecular weight excluding hydrogens is 845 g/mol. The van der Waals surface area contributed by atoms with Gasteiger partial charge in [-0.05, 0) is 74.2 Å². The van der Waals surface area contributed by atoms with Crippen LogP contribution in [0.15, 0.2) is 119 Å². The maximum absolute atomic E-state index is 14.5. The van der Waals surface area contributed by atoms with Gasteiger partial charge in [0.05, 0.1) is 49.4 Å². The lowest BCUT2D eigenvalue weighted by molar-refractivity contribution is -0.134. The van der Waals surface area contributed by atoms with Gasteiger partial charge in [-0.25, -0.2) is 16.8 Å². The van der Waals surface area contributed by atoms with E-state index < -0.39 is 43.9 Å². The van der Waals surface area contributed by atoms with E-state index in [1.165, 1.54) is 34.1 Å². The van der Waals surface area contributed by atoms with Gasteiger partial charge in [0.2, 0.25) is 31.9 Å². The van der Waals surface area contributed by atoms with Gasteiger partial charge >= 0.3 is 0 Å². The van der Waals surface area contributed by atoms with Crippen LogP contribution in [0.3, 0.4) is 0 Å². The Bertz CT molecular complexity index is 2520. The molecule has 0 saturated carbocycles. The number of rotatable bonds is 12. The first kappa shape index (κ1) is 45.6. The van der Waals surface area contributed by atoms with Gasteiger partial charge in [0, 0.05) is 60.4 Å². The predicted octanol–water partition coefficient (Wildman–Crippen LogP) is 4.47. The second kappa shape index (κ2) is 20.9. The summed E-state index contributed by atoms with van der Waals surface area (Å²) in [5.74, 6) is -0.914. The molecule has 15 nitrogen and oxygen atoms in total. The second-order valence-electron chi connectivity index (χ2n) is 15.6. The highest BCUT2D eigenvalue weighted by Crippen LogP contribution is 2.23. The number of aryl methyl sites for hydroxylation is 2. The third-order valence-corrected chi connectivity index (χ3v) is 14.0. The van der Waals surface area contributed by atoms with Crippen molar-refractivity contribution in [3.63, 3.8) is 0 Å². The molecule has 2 atom stereocenters. The van der Waals surface area contributed by atoms with E-state index in [-0.39, 0.29) is 88.5 Å². The van der Waals surface area contributed by atoms with Crippen molar-refractivity contribution >= 4 is 53.7 Å². The molecule has 4 aromatic carbocycles. The van der Waals surface area contributed by atoms with E-state index >= 15 is 0 Å². The lowest BCUT2D eigenvalue weighted by Crippen LogP contribution is -2.51. The molecule has 2 aromatic heterocycles. The van der Waals surface area contributed by atoms with Crippen molar-refractivity contribution in [1.29, 1.82) is 0 Å². The molecule has 0 radical (unpaired) electrons. The number of H-pyrrole nitrogens is 2. The van der Waals surface area contributed by atoms with E-state index in [2.05, 4.69) is 19.4 Å². The van der Waals surface area contributed by atoms with E-state index in [0.717, 1.165) is 44.1 Å². The first-order valence-electron chi connectivity index (χ1n) is 21.0. The fraction of sp³-hybridized carbons (Fsp3) is 0.348. The molecule has 1 aliphatic heterocycles. The molecule has 17 heteroatoms. The van der Waals surface area contributed by atoms with Crippen molar-refractivity contribution in [3.05, 3.63) is 132 Å². The molecule has 0 unspecified atom stereocenters. The van der Waals surface area contributed by atoms with Crippen LogP contribution in [-0.2, 0) is 56.7 Å². The lowest BCUT2D eigenvalue weighted by atomic mass is 10.0. The molecule has 1 fully saturated rings. The summed E-state index contributed by atoms with van der Waals surface area (Å²) in [6, 6.07) is 25.7. The highest BCUT2D eigenvalue weighted by Gasteiger charge is 2.32. The average Bonchev–Trinajstić information content (AvgIpc) is 3.88. The number of amides is 2. The van der Waals surface area contributed by atoms with Crippen molar-refractivity contribution in [2.45, 2.75) is 48.6 Å². The van der Waals surface area contributed by atoms with E-state index in [1.807, 2.05) is 62.4 Å². The summed E-state index contributed by atoms with van der Waals surface area (Å²) in [5, 5.41) is 1.75. The van der Waals surface area contributed by atoms with Crippen molar-refractivity contribution in [3.8, 4) is 0 Å². The van der Waals surface area contributed by atoms with Crippen LogP contribution in [0.25, 0.3) is 21.8 Å². The molecule has 0 bridgehead atoms. The summed E-state index contributed by atoms with van der Waals surface area (Å²) in [6.07, 6.45) is 3.72. The molecule has 4 N–H and O–H groups in total. The molecule has 334 valence electrons. The van der Waals surface area contributed by atoms with Crippen LogP contribution in [0.5, 0.6) is 0 Å². The summed E-state index contributed by atoms with van der Waals surface area (Å²) >= 11 is 0. The SMILES string of the molecule is Cc1ccc(S(=O)(=O)N[C@H](Cc2c[nH]c3ccccc23)C(=O)N2CCOCCOCCN(C(=O)[C@@H](Cc3c[nH]c4ccccc34)NS(=O)(=O)c3ccc(C)cc3)CCOCC2)cc1. The minimum atomic E-state index is -4.12. The van der Waals surface area contributed by atoms with Gasteiger partial charge in [-0.3, -0.25) is 9.59 Å². The molecule has 63 heavy (non-hydrogen) atoms. The molecule has 7 rings (SSSR count). The number of carbonyl (C=O) groups is 2. The van der Waals surface area contributed by atoms with Gasteiger partial charge in [0.15, 0.2) is 0 Å². The number of hydrogen-bond donors (Lipinski definition) is 4. The predicted molar refractivity (Wildman–Crippen MR) is 240 cm³/mol. The lowest BCUT2D eigenvalue weighted by Gasteiger charge is -2.29. The highest BCUT2D eigenvalue weighted by atomic mass is 32.2. The molecule has 3 heterocycles. The van der Waals surface area contributed by atoms with Crippen LogP contribution in [0.1, 0.15) is 22.3 Å². The first-order valence-corrected chi connectivity index (χ1v) is 23.9. The summed E-state index contributed by atoms with van der Waals surface area (Å²) in [4.78, 5) is 38.6. The maximum atomic E-state index is 14.5. The number of hydrogen-bond acceptors (Lipinski definition) is 9. The zero-order valence-corrected chi connectivity index (χ0v) is 37.1. The summed E-state index contributed by atoms with van der Waals surface area (Å²) in [5.41, 5.74) is 5.05. The Labute approximate surface area is 368 Å². The van der Waals surface area contributed by atoms with Crippen LogP contribution in [-0.4, -0.2) is 126 Å². The quantitative estimate of drug-likeness (QED) is 0.137. The molecule has 1 aliphatic rings. The smallest absolute Gasteiger partial charge is 0.241 e. The molecular formula is C46H54N6O9S2. The van der Waals surface area contributed by atoms with Gasteiger partial charge in [0.25, 0.3) is 0 Å². The Morgan fingerprint density at radius 3 is 1.27 bits per heavy atom. The number of ether oxygens (including phenoxy) is 3. The van der Waals surface area contributed by atoms with Crippen molar-refractivity contribution < 1.29 is 40.6 Å². The van der Waals surface area contributed by atoms with Gasteiger partial charge in [-0.1, -0.05) is 71.8 Å². The third-order valence-electron chi connectivity index (χ3n) is 11.1. The number of sulfonamides is 2. The van der Waals surface area contributed by atoms with Crippen LogP contribution < -0.4 is 9.44 Å². The van der Waals surface area contributed by atoms with Crippen LogP contribution in [0.4, 0.5) is 0 Å². The van der Waals surface area contributed by atoms with Crippen LogP contribution in [0.2, 0.25) is 0 Å². The van der Waals surface area contributed by atoms with E-state index in [1.54, 1.807) is 36.7 Å². The van der Waals surface area contributed by atoms with Crippen molar-refractivity contribution in [1.82, 2.24) is 29.2 Å². The number of nitrogens with zero attached hydrogens (tertiary/aromatic N) is 2. The number of aromatic amines is 2.